The summed E-state index contributed by atoms with van der Waals surface area (Å²) in [6.07, 6.45) is -11.1. The van der Waals surface area contributed by atoms with Gasteiger partial charge in [0.2, 0.25) is 0 Å². The van der Waals surface area contributed by atoms with E-state index in [-0.39, 0.29) is 24.9 Å². The molecule has 0 aliphatic heterocycles. The van der Waals surface area contributed by atoms with E-state index in [1.54, 1.807) is 13.8 Å². The van der Waals surface area contributed by atoms with Crippen LogP contribution < -0.4 is 0 Å². The van der Waals surface area contributed by atoms with Gasteiger partial charge in [-0.25, -0.2) is 0 Å². The third kappa shape index (κ3) is 4.22. The van der Waals surface area contributed by atoms with E-state index in [0.29, 0.717) is 19.3 Å². The van der Waals surface area contributed by atoms with Crippen molar-refractivity contribution in [2.45, 2.75) is 70.8 Å². The van der Waals surface area contributed by atoms with E-state index in [9.17, 15) is 36.2 Å². The van der Waals surface area contributed by atoms with E-state index in [1.807, 2.05) is 6.92 Å². The van der Waals surface area contributed by atoms with E-state index in [2.05, 4.69) is 0 Å². The average molecular weight is 404 g/mol. The van der Waals surface area contributed by atoms with Crippen LogP contribution in [0.5, 0.6) is 0 Å². The Morgan fingerprint density at radius 1 is 1.00 bits per heavy atom. The highest BCUT2D eigenvalue weighted by atomic mass is 19.4. The molecule has 0 aromatic carbocycles. The van der Waals surface area contributed by atoms with Gasteiger partial charge < -0.3 is 9.84 Å². The van der Waals surface area contributed by atoms with Gasteiger partial charge in [0, 0.05) is 0 Å². The molecule has 2 fully saturated rings. The summed E-state index contributed by atoms with van der Waals surface area (Å²) in [6, 6.07) is 0. The summed E-state index contributed by atoms with van der Waals surface area (Å²) in [5, 5.41) is 9.48. The van der Waals surface area contributed by atoms with E-state index in [0.717, 1.165) is 0 Å². The third-order valence-corrected chi connectivity index (χ3v) is 6.45. The van der Waals surface area contributed by atoms with Crippen LogP contribution in [0.1, 0.15) is 52.9 Å². The molecule has 2 rings (SSSR count). The summed E-state index contributed by atoms with van der Waals surface area (Å²) in [4.78, 5) is 12.1. The number of rotatable bonds is 6. The van der Waals surface area contributed by atoms with Crippen molar-refractivity contribution in [2.24, 2.45) is 29.1 Å². The molecule has 2 saturated carbocycles. The van der Waals surface area contributed by atoms with Crippen LogP contribution >= 0.6 is 0 Å². The topological polar surface area (TPSA) is 46.5 Å². The summed E-state index contributed by atoms with van der Waals surface area (Å²) < 4.78 is 83.2. The maximum atomic E-state index is 13.0. The standard InChI is InChI=1S/C18H26F6O3/c1-4-15(2,3)14(25)27-9-12-6-10-5-11(13(12)7-10)8-16(26,17(19,20)21)18(22,23)24/h10-13,26H,4-9H2,1-3H3. The molecule has 0 saturated heterocycles. The molecule has 2 aliphatic carbocycles. The normalized spacial score (nSPS) is 29.3. The van der Waals surface area contributed by atoms with Crippen molar-refractivity contribution in [2.75, 3.05) is 6.61 Å². The molecule has 9 heteroatoms. The molecule has 2 bridgehead atoms. The second-order valence-electron chi connectivity index (χ2n) is 8.65. The van der Waals surface area contributed by atoms with Gasteiger partial charge in [-0.05, 0) is 69.6 Å². The van der Waals surface area contributed by atoms with Crippen LogP contribution in [0.4, 0.5) is 26.3 Å². The largest absolute Gasteiger partial charge is 0.465 e. The smallest absolute Gasteiger partial charge is 0.426 e. The van der Waals surface area contributed by atoms with Crippen LogP contribution in [-0.4, -0.2) is 35.6 Å². The van der Waals surface area contributed by atoms with E-state index >= 15 is 0 Å². The van der Waals surface area contributed by atoms with Gasteiger partial charge in [-0.2, -0.15) is 26.3 Å². The second-order valence-corrected chi connectivity index (χ2v) is 8.65. The zero-order valence-corrected chi connectivity index (χ0v) is 15.6. The summed E-state index contributed by atoms with van der Waals surface area (Å²) >= 11 is 0. The molecule has 4 atom stereocenters. The van der Waals surface area contributed by atoms with Crippen molar-refractivity contribution in [3.05, 3.63) is 0 Å². The highest BCUT2D eigenvalue weighted by Crippen LogP contribution is 2.57. The fourth-order valence-electron chi connectivity index (χ4n) is 4.37. The Hall–Kier alpha value is -0.990. The van der Waals surface area contributed by atoms with Crippen LogP contribution in [0, 0.1) is 29.1 Å². The number of esters is 1. The molecule has 27 heavy (non-hydrogen) atoms. The number of fused-ring (bicyclic) bond motifs is 2. The average Bonchev–Trinajstić information content (AvgIpc) is 3.09. The quantitative estimate of drug-likeness (QED) is 0.507. The van der Waals surface area contributed by atoms with E-state index in [4.69, 9.17) is 4.74 Å². The number of carbonyl (C=O) groups is 1. The zero-order valence-electron chi connectivity index (χ0n) is 15.6. The maximum absolute atomic E-state index is 13.0. The molecule has 0 radical (unpaired) electrons. The number of hydrogen-bond donors (Lipinski definition) is 1. The van der Waals surface area contributed by atoms with E-state index < -0.39 is 47.6 Å². The van der Waals surface area contributed by atoms with Gasteiger partial charge in [0.25, 0.3) is 5.60 Å². The summed E-state index contributed by atoms with van der Waals surface area (Å²) in [5.74, 6) is -2.00. The van der Waals surface area contributed by atoms with Crippen LogP contribution in [-0.2, 0) is 9.53 Å². The first-order valence-electron chi connectivity index (χ1n) is 9.15. The van der Waals surface area contributed by atoms with Crippen molar-refractivity contribution in [3.63, 3.8) is 0 Å². The summed E-state index contributed by atoms with van der Waals surface area (Å²) in [6.45, 7) is 5.25. The Labute approximate surface area is 154 Å². The molecule has 158 valence electrons. The second kappa shape index (κ2) is 7.12. The van der Waals surface area contributed by atoms with Crippen LogP contribution in [0.2, 0.25) is 0 Å². The lowest BCUT2D eigenvalue weighted by Crippen LogP contribution is -2.58. The van der Waals surface area contributed by atoms with Gasteiger partial charge in [-0.1, -0.05) is 6.92 Å². The first kappa shape index (κ1) is 22.3. The van der Waals surface area contributed by atoms with Crippen LogP contribution in [0.3, 0.4) is 0 Å². The van der Waals surface area contributed by atoms with Gasteiger partial charge in [-0.15, -0.1) is 0 Å². The molecule has 1 N–H and O–H groups in total. The Bertz CT molecular complexity index is 540. The van der Waals surface area contributed by atoms with Gasteiger partial charge in [0.1, 0.15) is 0 Å². The lowest BCUT2D eigenvalue weighted by atomic mass is 9.75. The molecule has 4 unspecified atom stereocenters. The van der Waals surface area contributed by atoms with Crippen LogP contribution in [0.25, 0.3) is 0 Å². The van der Waals surface area contributed by atoms with Crippen molar-refractivity contribution >= 4 is 5.97 Å². The summed E-state index contributed by atoms with van der Waals surface area (Å²) in [5.41, 5.74) is -5.40. The fourth-order valence-corrected chi connectivity index (χ4v) is 4.37. The fraction of sp³-hybridized carbons (Fsp3) is 0.944. The Balaban J connectivity index is 2.06. The van der Waals surface area contributed by atoms with Crippen molar-refractivity contribution in [1.29, 1.82) is 0 Å². The predicted molar refractivity (Wildman–Crippen MR) is 84.5 cm³/mol. The van der Waals surface area contributed by atoms with Gasteiger partial charge in [0.15, 0.2) is 0 Å². The molecule has 0 aromatic rings. The number of alkyl halides is 6. The minimum absolute atomic E-state index is 0.00358. The molecule has 3 nitrogen and oxygen atoms in total. The van der Waals surface area contributed by atoms with E-state index in [1.165, 1.54) is 0 Å². The van der Waals surface area contributed by atoms with Crippen molar-refractivity contribution in [3.8, 4) is 0 Å². The maximum Gasteiger partial charge on any atom is 0.426 e. The molecule has 2 aliphatic rings. The number of carbonyl (C=O) groups excluding carboxylic acids is 1. The number of aliphatic hydroxyl groups is 1. The minimum atomic E-state index is -5.79. The first-order chi connectivity index (χ1) is 12.1. The number of ether oxygens (including phenoxy) is 1. The lowest BCUT2D eigenvalue weighted by molar-refractivity contribution is -0.373. The highest BCUT2D eigenvalue weighted by Gasteiger charge is 2.71. The molecule has 0 spiro atoms. The van der Waals surface area contributed by atoms with Crippen molar-refractivity contribution in [1.82, 2.24) is 0 Å². The molecular weight excluding hydrogens is 378 g/mol. The first-order valence-corrected chi connectivity index (χ1v) is 9.15. The van der Waals surface area contributed by atoms with Gasteiger partial charge in [-0.3, -0.25) is 4.79 Å². The van der Waals surface area contributed by atoms with Crippen molar-refractivity contribution < 1.29 is 41.0 Å². The third-order valence-electron chi connectivity index (χ3n) is 6.45. The lowest BCUT2D eigenvalue weighted by Gasteiger charge is -2.38. The molecule has 0 aromatic heterocycles. The Morgan fingerprint density at radius 2 is 1.52 bits per heavy atom. The minimum Gasteiger partial charge on any atom is -0.465 e. The number of halogens is 6. The number of hydrogen-bond acceptors (Lipinski definition) is 3. The highest BCUT2D eigenvalue weighted by molar-refractivity contribution is 5.75. The molecule has 0 heterocycles. The van der Waals surface area contributed by atoms with Crippen LogP contribution in [0.15, 0.2) is 0 Å². The summed E-state index contributed by atoms with van der Waals surface area (Å²) in [7, 11) is 0. The predicted octanol–water partition coefficient (Wildman–Crippen LogP) is 4.87. The molecule has 0 amide bonds. The zero-order chi connectivity index (χ0) is 20.8. The van der Waals surface area contributed by atoms with Gasteiger partial charge >= 0.3 is 18.3 Å². The van der Waals surface area contributed by atoms with Gasteiger partial charge in [0.05, 0.1) is 12.0 Å². The Kier molecular flexibility index (Phi) is 5.88. The SMILES string of the molecule is CCC(C)(C)C(=O)OCC1CC2CC(CC(O)(C(F)(F)F)C(F)(F)F)C1C2. The molecular formula is C18H26F6O3. The Morgan fingerprint density at radius 3 is 1.96 bits per heavy atom. The monoisotopic (exact) mass is 404 g/mol.